The lowest BCUT2D eigenvalue weighted by atomic mass is 9.86. The zero-order valence-electron chi connectivity index (χ0n) is 27.2. The van der Waals surface area contributed by atoms with Gasteiger partial charge < -0.3 is 15.1 Å². The maximum atomic E-state index is 4.99. The van der Waals surface area contributed by atoms with Gasteiger partial charge in [-0.2, -0.15) is 0 Å². The molecular formula is C42H38N5P. The second kappa shape index (κ2) is 11.3. The lowest BCUT2D eigenvalue weighted by Gasteiger charge is -2.33. The van der Waals surface area contributed by atoms with E-state index in [1.165, 1.54) is 56.1 Å². The maximum absolute atomic E-state index is 4.99. The zero-order valence-corrected chi connectivity index (χ0v) is 28.3. The first kappa shape index (κ1) is 29.2. The van der Waals surface area contributed by atoms with Crippen LogP contribution in [0.4, 0.5) is 28.4 Å². The summed E-state index contributed by atoms with van der Waals surface area (Å²) in [5, 5.41) is 7.23. The van der Waals surface area contributed by atoms with E-state index < -0.39 is 0 Å². The monoisotopic (exact) mass is 643 g/mol. The summed E-state index contributed by atoms with van der Waals surface area (Å²) in [6.07, 6.45) is 10.0. The Balaban J connectivity index is 1.20. The predicted molar refractivity (Wildman–Crippen MR) is 205 cm³/mol. The van der Waals surface area contributed by atoms with Gasteiger partial charge in [0.2, 0.25) is 0 Å². The first-order valence-electron chi connectivity index (χ1n) is 16.8. The second-order valence-corrected chi connectivity index (χ2v) is 14.2. The van der Waals surface area contributed by atoms with Crippen molar-refractivity contribution in [1.82, 2.24) is 10.6 Å². The lowest BCUT2D eigenvalue weighted by molar-refractivity contribution is 0.412. The highest BCUT2D eigenvalue weighted by atomic mass is 31.0. The number of aliphatic imine (C=N–C) groups is 1. The van der Waals surface area contributed by atoms with Crippen molar-refractivity contribution in [2.24, 2.45) is 4.99 Å². The van der Waals surface area contributed by atoms with E-state index in [-0.39, 0.29) is 17.7 Å². The molecule has 48 heavy (non-hydrogen) atoms. The summed E-state index contributed by atoms with van der Waals surface area (Å²) in [7, 11) is 2.77. The Morgan fingerprint density at radius 2 is 1.42 bits per heavy atom. The van der Waals surface area contributed by atoms with E-state index in [1.807, 2.05) is 0 Å². The third-order valence-electron chi connectivity index (χ3n) is 10.2. The number of hydrogen-bond donors (Lipinski definition) is 2. The summed E-state index contributed by atoms with van der Waals surface area (Å²) in [5.74, 6) is 0. The Bertz CT molecular complexity index is 2150. The van der Waals surface area contributed by atoms with Crippen LogP contribution in [0.1, 0.15) is 65.1 Å². The van der Waals surface area contributed by atoms with E-state index in [0.717, 1.165) is 29.8 Å². The number of nitrogens with zero attached hydrogens (tertiary/aromatic N) is 3. The van der Waals surface area contributed by atoms with Crippen LogP contribution in [0.15, 0.2) is 120 Å². The number of rotatable bonds is 4. The molecule has 3 heterocycles. The van der Waals surface area contributed by atoms with E-state index >= 15 is 0 Å². The first-order valence-corrected chi connectivity index (χ1v) is 17.4. The topological polar surface area (TPSA) is 42.9 Å². The van der Waals surface area contributed by atoms with Crippen molar-refractivity contribution in [2.75, 3.05) is 16.3 Å². The average molecular weight is 644 g/mol. The van der Waals surface area contributed by atoms with Crippen molar-refractivity contribution in [3.05, 3.63) is 154 Å². The molecule has 0 amide bonds. The van der Waals surface area contributed by atoms with Crippen LogP contribution in [-0.2, 0) is 11.8 Å². The fourth-order valence-electron chi connectivity index (χ4n) is 7.66. The normalized spacial score (nSPS) is 19.9. The third kappa shape index (κ3) is 4.97. The molecule has 3 unspecified atom stereocenters. The van der Waals surface area contributed by atoms with Crippen molar-refractivity contribution in [3.63, 3.8) is 0 Å². The Morgan fingerprint density at radius 1 is 0.708 bits per heavy atom. The van der Waals surface area contributed by atoms with Gasteiger partial charge in [-0.25, -0.2) is 4.99 Å². The number of allylic oxidation sites excluding steroid dienone is 1. The lowest BCUT2D eigenvalue weighted by Crippen LogP contribution is -2.42. The fraction of sp³-hybridized carbons (Fsp3) is 0.167. The largest absolute Gasteiger partial charge is 0.351 e. The van der Waals surface area contributed by atoms with Crippen LogP contribution in [0.3, 0.4) is 0 Å². The molecule has 0 bridgehead atoms. The molecule has 0 saturated heterocycles. The summed E-state index contributed by atoms with van der Waals surface area (Å²) < 4.78 is 0. The SMILES string of the molecule is CC1(C)C=Cc2cc3c(cc21)N(c1cccc(C2N=C(P)NC(c4ccccc4)N2)c1)c1cc2c(cc1C=C3)CCN2c1ccccc1. The molecule has 9 rings (SSSR count). The Morgan fingerprint density at radius 3 is 2.23 bits per heavy atom. The molecule has 1 aliphatic carbocycles. The van der Waals surface area contributed by atoms with Crippen LogP contribution < -0.4 is 20.4 Å². The molecule has 0 saturated carbocycles. The van der Waals surface area contributed by atoms with Crippen LogP contribution in [0.25, 0.3) is 18.2 Å². The van der Waals surface area contributed by atoms with Gasteiger partial charge in [0, 0.05) is 29.0 Å². The molecule has 5 aromatic rings. The second-order valence-electron chi connectivity index (χ2n) is 13.7. The van der Waals surface area contributed by atoms with Crippen molar-refractivity contribution in [2.45, 2.75) is 38.0 Å². The number of anilines is 5. The Hall–Kier alpha value is -4.96. The van der Waals surface area contributed by atoms with E-state index in [4.69, 9.17) is 4.99 Å². The highest BCUT2D eigenvalue weighted by molar-refractivity contribution is 7.40. The summed E-state index contributed by atoms with van der Waals surface area (Å²) in [5.41, 5.74) is 15.6. The molecule has 0 aromatic heterocycles. The van der Waals surface area contributed by atoms with Gasteiger partial charge in [0.25, 0.3) is 0 Å². The van der Waals surface area contributed by atoms with Crippen LogP contribution in [0.5, 0.6) is 0 Å². The molecule has 0 fully saturated rings. The highest BCUT2D eigenvalue weighted by Gasteiger charge is 2.31. The van der Waals surface area contributed by atoms with E-state index in [2.05, 4.69) is 177 Å². The predicted octanol–water partition coefficient (Wildman–Crippen LogP) is 9.76. The highest BCUT2D eigenvalue weighted by Crippen LogP contribution is 2.49. The zero-order chi connectivity index (χ0) is 32.4. The number of fused-ring (bicyclic) bond motifs is 4. The van der Waals surface area contributed by atoms with Crippen molar-refractivity contribution in [1.29, 1.82) is 0 Å². The fourth-order valence-corrected chi connectivity index (χ4v) is 7.98. The van der Waals surface area contributed by atoms with Gasteiger partial charge >= 0.3 is 0 Å². The van der Waals surface area contributed by atoms with Gasteiger partial charge in [0.05, 0.1) is 11.4 Å². The molecule has 5 aromatic carbocycles. The maximum Gasteiger partial charge on any atom is 0.129 e. The van der Waals surface area contributed by atoms with E-state index in [9.17, 15) is 0 Å². The summed E-state index contributed by atoms with van der Waals surface area (Å²) in [4.78, 5) is 9.93. The smallest absolute Gasteiger partial charge is 0.129 e. The van der Waals surface area contributed by atoms with Crippen LogP contribution in [0, 0.1) is 0 Å². The molecule has 3 atom stereocenters. The average Bonchev–Trinajstić information content (AvgIpc) is 3.61. The van der Waals surface area contributed by atoms with Gasteiger partial charge in [-0.1, -0.05) is 108 Å². The molecule has 6 heteroatoms. The van der Waals surface area contributed by atoms with E-state index in [0.29, 0.717) is 0 Å². The minimum atomic E-state index is -0.204. The molecule has 236 valence electrons. The van der Waals surface area contributed by atoms with Gasteiger partial charge in [-0.3, -0.25) is 5.32 Å². The quantitative estimate of drug-likeness (QED) is 0.188. The molecule has 2 N–H and O–H groups in total. The minimum absolute atomic E-state index is 0.0336. The van der Waals surface area contributed by atoms with Gasteiger partial charge in [0.15, 0.2) is 0 Å². The first-order chi connectivity index (χ1) is 23.4. The summed E-state index contributed by atoms with van der Waals surface area (Å²) in [6.45, 7) is 5.59. The molecule has 0 radical (unpaired) electrons. The van der Waals surface area contributed by atoms with Gasteiger partial charge in [0.1, 0.15) is 17.9 Å². The molecular weight excluding hydrogens is 605 g/mol. The summed E-state index contributed by atoms with van der Waals surface area (Å²) >= 11 is 0. The Labute approximate surface area is 284 Å². The van der Waals surface area contributed by atoms with Crippen LogP contribution in [-0.4, -0.2) is 12.1 Å². The minimum Gasteiger partial charge on any atom is -0.351 e. The molecule has 5 nitrogen and oxygen atoms in total. The van der Waals surface area contributed by atoms with Gasteiger partial charge in [-0.15, -0.1) is 0 Å². The Kier molecular flexibility index (Phi) is 6.89. The third-order valence-corrected chi connectivity index (χ3v) is 10.5. The van der Waals surface area contributed by atoms with Gasteiger partial charge in [-0.05, 0) is 93.9 Å². The van der Waals surface area contributed by atoms with Crippen molar-refractivity contribution in [3.8, 4) is 0 Å². The van der Waals surface area contributed by atoms with Crippen LogP contribution in [0.2, 0.25) is 0 Å². The number of benzene rings is 5. The summed E-state index contributed by atoms with van der Waals surface area (Å²) in [6, 6.07) is 39.8. The molecule has 0 spiro atoms. The number of nitrogens with one attached hydrogen (secondary N) is 2. The number of hydrogen-bond acceptors (Lipinski definition) is 5. The number of amidine groups is 1. The number of para-hydroxylation sites is 1. The van der Waals surface area contributed by atoms with Crippen molar-refractivity contribution >= 4 is 61.5 Å². The van der Waals surface area contributed by atoms with Crippen LogP contribution >= 0.6 is 9.24 Å². The molecule has 3 aliphatic heterocycles. The molecule has 4 aliphatic rings. The van der Waals surface area contributed by atoms with E-state index in [1.54, 1.807) is 0 Å². The van der Waals surface area contributed by atoms with Crippen molar-refractivity contribution < 1.29 is 0 Å². The standard InChI is InChI=1S/C42H38N5P/c1-42(2)20-18-28-22-29-16-17-30-23-31-19-21-46(33-13-7-4-8-14-33)36(31)26-38(30)47(37(29)25-35(28)42)34-15-9-12-32(24-34)40-43-39(44-41(48)45-40)27-10-5-3-6-11-27/h3-18,20,22-26,39-40,43H,19,21,48H2,1-2H3,(H,44,45).